The van der Waals surface area contributed by atoms with Crippen molar-refractivity contribution in [3.05, 3.63) is 29.8 Å². The second kappa shape index (κ2) is 6.11. The highest BCUT2D eigenvalue weighted by atomic mass is 16.2. The number of amides is 2. The predicted octanol–water partition coefficient (Wildman–Crippen LogP) is 3.15. The molecule has 2 aliphatic rings. The van der Waals surface area contributed by atoms with Crippen LogP contribution in [-0.2, 0) is 4.79 Å². The number of hydrogen-bond acceptors (Lipinski definition) is 2. The average Bonchev–Trinajstić information content (AvgIpc) is 3.31. The van der Waals surface area contributed by atoms with E-state index in [1.807, 2.05) is 29.2 Å². The summed E-state index contributed by atoms with van der Waals surface area (Å²) in [6.07, 6.45) is 3.18. The summed E-state index contributed by atoms with van der Waals surface area (Å²) < 4.78 is 0. The summed E-state index contributed by atoms with van der Waals surface area (Å²) in [5.41, 5.74) is 1.47. The molecule has 2 fully saturated rings. The molecule has 1 aliphatic heterocycles. The summed E-state index contributed by atoms with van der Waals surface area (Å²) in [5, 5.41) is 2.90. The number of likely N-dealkylation sites (tertiary alicyclic amines) is 1. The van der Waals surface area contributed by atoms with E-state index in [9.17, 15) is 9.59 Å². The van der Waals surface area contributed by atoms with Gasteiger partial charge in [0.05, 0.1) is 0 Å². The van der Waals surface area contributed by atoms with Gasteiger partial charge in [0, 0.05) is 30.3 Å². The summed E-state index contributed by atoms with van der Waals surface area (Å²) in [6, 6.07) is 7.28. The number of carbonyl (C=O) groups is 2. The van der Waals surface area contributed by atoms with Crippen LogP contribution in [0.5, 0.6) is 0 Å². The Morgan fingerprint density at radius 2 is 1.64 bits per heavy atom. The van der Waals surface area contributed by atoms with E-state index in [1.165, 1.54) is 6.42 Å². The highest BCUT2D eigenvalue weighted by Gasteiger charge is 2.29. The minimum atomic E-state index is 0.0951. The third kappa shape index (κ3) is 3.49. The van der Waals surface area contributed by atoms with E-state index in [4.69, 9.17) is 0 Å². The molecule has 118 valence electrons. The van der Waals surface area contributed by atoms with Crippen molar-refractivity contribution in [1.82, 2.24) is 4.90 Å². The van der Waals surface area contributed by atoms with Crippen molar-refractivity contribution in [2.24, 2.45) is 17.8 Å². The number of hydrogen-bond donors (Lipinski definition) is 1. The van der Waals surface area contributed by atoms with Gasteiger partial charge in [-0.3, -0.25) is 9.59 Å². The molecule has 0 spiro atoms. The summed E-state index contributed by atoms with van der Waals surface area (Å²) in [5.74, 6) is 1.50. The SMILES string of the molecule is C[C@@H]1C[C@@H](C)CN(C(=O)c2ccc(NC(=O)C3CC3)cc2)C1. The van der Waals surface area contributed by atoms with Gasteiger partial charge in [-0.15, -0.1) is 0 Å². The molecule has 3 rings (SSSR count). The van der Waals surface area contributed by atoms with Crippen molar-refractivity contribution in [2.75, 3.05) is 18.4 Å². The minimum absolute atomic E-state index is 0.0951. The van der Waals surface area contributed by atoms with Crippen molar-refractivity contribution in [3.63, 3.8) is 0 Å². The van der Waals surface area contributed by atoms with Crippen LogP contribution in [0, 0.1) is 17.8 Å². The molecule has 1 aliphatic carbocycles. The lowest BCUT2D eigenvalue weighted by Gasteiger charge is -2.35. The van der Waals surface area contributed by atoms with Gasteiger partial charge < -0.3 is 10.2 Å². The molecule has 1 N–H and O–H groups in total. The van der Waals surface area contributed by atoms with Crippen LogP contribution in [0.15, 0.2) is 24.3 Å². The Labute approximate surface area is 131 Å². The molecule has 0 bridgehead atoms. The minimum Gasteiger partial charge on any atom is -0.338 e. The first-order chi connectivity index (χ1) is 10.5. The molecule has 0 radical (unpaired) electrons. The van der Waals surface area contributed by atoms with E-state index in [0.717, 1.165) is 31.6 Å². The van der Waals surface area contributed by atoms with Gasteiger partial charge in [0.15, 0.2) is 0 Å². The smallest absolute Gasteiger partial charge is 0.253 e. The van der Waals surface area contributed by atoms with Crippen LogP contribution in [0.1, 0.15) is 43.5 Å². The van der Waals surface area contributed by atoms with Gasteiger partial charge in [-0.25, -0.2) is 0 Å². The fourth-order valence-electron chi connectivity index (χ4n) is 3.30. The first-order valence-electron chi connectivity index (χ1n) is 8.23. The van der Waals surface area contributed by atoms with Crippen molar-refractivity contribution < 1.29 is 9.59 Å². The van der Waals surface area contributed by atoms with Crippen LogP contribution in [0.4, 0.5) is 5.69 Å². The summed E-state index contributed by atoms with van der Waals surface area (Å²) in [6.45, 7) is 6.07. The van der Waals surface area contributed by atoms with Crippen LogP contribution >= 0.6 is 0 Å². The zero-order chi connectivity index (χ0) is 15.7. The lowest BCUT2D eigenvalue weighted by Crippen LogP contribution is -2.42. The van der Waals surface area contributed by atoms with Crippen LogP contribution in [-0.4, -0.2) is 29.8 Å². The molecular weight excluding hydrogens is 276 g/mol. The fraction of sp³-hybridized carbons (Fsp3) is 0.556. The number of benzene rings is 1. The van der Waals surface area contributed by atoms with Crippen molar-refractivity contribution in [2.45, 2.75) is 33.1 Å². The van der Waals surface area contributed by atoms with Crippen LogP contribution in [0.2, 0.25) is 0 Å². The van der Waals surface area contributed by atoms with Gasteiger partial charge in [0.2, 0.25) is 5.91 Å². The quantitative estimate of drug-likeness (QED) is 0.932. The summed E-state index contributed by atoms with van der Waals surface area (Å²) >= 11 is 0. The second-order valence-corrected chi connectivity index (χ2v) is 7.00. The molecule has 22 heavy (non-hydrogen) atoms. The monoisotopic (exact) mass is 300 g/mol. The fourth-order valence-corrected chi connectivity index (χ4v) is 3.30. The number of rotatable bonds is 3. The van der Waals surface area contributed by atoms with Crippen LogP contribution in [0.3, 0.4) is 0 Å². The number of nitrogens with one attached hydrogen (secondary N) is 1. The van der Waals surface area contributed by atoms with E-state index in [-0.39, 0.29) is 17.7 Å². The number of piperidine rings is 1. The molecule has 0 unspecified atom stereocenters. The zero-order valence-electron chi connectivity index (χ0n) is 13.3. The predicted molar refractivity (Wildman–Crippen MR) is 86.6 cm³/mol. The van der Waals surface area contributed by atoms with E-state index in [2.05, 4.69) is 19.2 Å². The van der Waals surface area contributed by atoms with Gasteiger partial charge in [0.1, 0.15) is 0 Å². The number of carbonyl (C=O) groups excluding carboxylic acids is 2. The highest BCUT2D eigenvalue weighted by Crippen LogP contribution is 2.30. The van der Waals surface area contributed by atoms with Crippen LogP contribution in [0.25, 0.3) is 0 Å². The molecule has 1 saturated heterocycles. The number of nitrogens with zero attached hydrogens (tertiary/aromatic N) is 1. The lowest BCUT2D eigenvalue weighted by atomic mass is 9.91. The lowest BCUT2D eigenvalue weighted by molar-refractivity contribution is -0.117. The zero-order valence-corrected chi connectivity index (χ0v) is 13.3. The normalized spacial score (nSPS) is 24.9. The Morgan fingerprint density at radius 1 is 1.05 bits per heavy atom. The van der Waals surface area contributed by atoms with Gasteiger partial charge in [0.25, 0.3) is 5.91 Å². The average molecular weight is 300 g/mol. The molecular formula is C18H24N2O2. The van der Waals surface area contributed by atoms with Gasteiger partial charge in [-0.1, -0.05) is 13.8 Å². The molecule has 2 amide bonds. The molecule has 1 saturated carbocycles. The van der Waals surface area contributed by atoms with Gasteiger partial charge in [-0.2, -0.15) is 0 Å². The Morgan fingerprint density at radius 3 is 2.18 bits per heavy atom. The summed E-state index contributed by atoms with van der Waals surface area (Å²) in [7, 11) is 0. The Hall–Kier alpha value is -1.84. The van der Waals surface area contributed by atoms with E-state index >= 15 is 0 Å². The van der Waals surface area contributed by atoms with Gasteiger partial charge in [-0.05, 0) is 55.4 Å². The molecule has 0 aromatic heterocycles. The third-order valence-corrected chi connectivity index (χ3v) is 4.50. The molecule has 1 heterocycles. The van der Waals surface area contributed by atoms with Crippen molar-refractivity contribution in [3.8, 4) is 0 Å². The molecule has 4 nitrogen and oxygen atoms in total. The first-order valence-corrected chi connectivity index (χ1v) is 8.23. The highest BCUT2D eigenvalue weighted by molar-refractivity contribution is 5.96. The molecule has 1 aromatic rings. The van der Waals surface area contributed by atoms with Gasteiger partial charge >= 0.3 is 0 Å². The second-order valence-electron chi connectivity index (χ2n) is 7.00. The maximum atomic E-state index is 12.6. The topological polar surface area (TPSA) is 49.4 Å². The van der Waals surface area contributed by atoms with Crippen molar-refractivity contribution in [1.29, 1.82) is 0 Å². The Balaban J connectivity index is 1.64. The Bertz CT molecular complexity index is 553. The molecule has 2 atom stereocenters. The van der Waals surface area contributed by atoms with Crippen LogP contribution < -0.4 is 5.32 Å². The first kappa shape index (κ1) is 15.1. The summed E-state index contributed by atoms with van der Waals surface area (Å²) in [4.78, 5) is 26.3. The van der Waals surface area contributed by atoms with E-state index in [1.54, 1.807) is 0 Å². The molecule has 1 aromatic carbocycles. The maximum Gasteiger partial charge on any atom is 0.253 e. The standard InChI is InChI=1S/C18H24N2O2/c1-12-9-13(2)11-20(10-12)18(22)15-5-7-16(8-6-15)19-17(21)14-3-4-14/h5-8,12-14H,3-4,9-11H2,1-2H3,(H,19,21)/t12-,13-/m1/s1. The molecule has 4 heteroatoms. The third-order valence-electron chi connectivity index (χ3n) is 4.50. The van der Waals surface area contributed by atoms with E-state index in [0.29, 0.717) is 17.4 Å². The largest absolute Gasteiger partial charge is 0.338 e. The van der Waals surface area contributed by atoms with Crippen molar-refractivity contribution >= 4 is 17.5 Å². The number of anilines is 1. The van der Waals surface area contributed by atoms with E-state index < -0.39 is 0 Å². The maximum absolute atomic E-state index is 12.6. The Kier molecular flexibility index (Phi) is 4.19.